The van der Waals surface area contributed by atoms with Gasteiger partial charge in [0.15, 0.2) is 0 Å². The largest absolute Gasteiger partial charge is 0.376 e. The zero-order valence-corrected chi connectivity index (χ0v) is 14.8. The summed E-state index contributed by atoms with van der Waals surface area (Å²) in [5.74, 6) is -0.0410. The average Bonchev–Trinajstić information content (AvgIpc) is 2.50. The lowest BCUT2D eigenvalue weighted by Gasteiger charge is -2.14. The Hall–Kier alpha value is -1.81. The fourth-order valence-electron chi connectivity index (χ4n) is 2.27. The Morgan fingerprint density at radius 2 is 1.91 bits per heavy atom. The summed E-state index contributed by atoms with van der Waals surface area (Å²) >= 11 is 3.49. The molecule has 4 heteroatoms. The van der Waals surface area contributed by atoms with E-state index in [9.17, 15) is 4.79 Å². The molecular formula is C18H21BrN2O. The molecule has 3 nitrogen and oxygen atoms in total. The van der Waals surface area contributed by atoms with Gasteiger partial charge in [0.05, 0.1) is 6.54 Å². The lowest BCUT2D eigenvalue weighted by Crippen LogP contribution is -2.22. The molecule has 0 saturated carbocycles. The number of amides is 1. The first-order valence-electron chi connectivity index (χ1n) is 7.39. The maximum absolute atomic E-state index is 12.2. The van der Waals surface area contributed by atoms with Gasteiger partial charge < -0.3 is 10.6 Å². The minimum atomic E-state index is -0.0410. The smallest absolute Gasteiger partial charge is 0.243 e. The molecule has 0 aromatic heterocycles. The van der Waals surface area contributed by atoms with Crippen LogP contribution in [-0.4, -0.2) is 12.5 Å². The maximum atomic E-state index is 12.2. The number of halogens is 1. The van der Waals surface area contributed by atoms with Gasteiger partial charge in [-0.3, -0.25) is 4.79 Å². The first-order valence-corrected chi connectivity index (χ1v) is 8.19. The summed E-state index contributed by atoms with van der Waals surface area (Å²) in [5, 5.41) is 6.16. The van der Waals surface area contributed by atoms with Crippen LogP contribution in [0.2, 0.25) is 0 Å². The third kappa shape index (κ3) is 4.10. The number of hydrogen-bond acceptors (Lipinski definition) is 2. The summed E-state index contributed by atoms with van der Waals surface area (Å²) in [6.45, 7) is 6.38. The molecule has 2 N–H and O–H groups in total. The van der Waals surface area contributed by atoms with E-state index in [1.54, 1.807) is 0 Å². The Bertz CT molecular complexity index is 683. The summed E-state index contributed by atoms with van der Waals surface area (Å²) in [5.41, 5.74) is 5.27. The third-order valence-corrected chi connectivity index (χ3v) is 4.48. The molecule has 0 aliphatic rings. The van der Waals surface area contributed by atoms with Crippen LogP contribution in [0.4, 0.5) is 11.4 Å². The van der Waals surface area contributed by atoms with Gasteiger partial charge in [0.25, 0.3) is 0 Å². The fraction of sp³-hybridized carbons (Fsp3) is 0.278. The molecule has 0 aliphatic heterocycles. The second kappa shape index (κ2) is 7.45. The van der Waals surface area contributed by atoms with Crippen molar-refractivity contribution in [3.05, 3.63) is 57.6 Å². The molecule has 0 heterocycles. The van der Waals surface area contributed by atoms with Crippen LogP contribution < -0.4 is 10.6 Å². The molecule has 0 spiro atoms. The van der Waals surface area contributed by atoms with Crippen molar-refractivity contribution in [2.75, 3.05) is 17.2 Å². The second-order valence-electron chi connectivity index (χ2n) is 5.33. The summed E-state index contributed by atoms with van der Waals surface area (Å²) in [4.78, 5) is 12.2. The van der Waals surface area contributed by atoms with E-state index in [2.05, 4.69) is 33.5 Å². The van der Waals surface area contributed by atoms with Crippen LogP contribution in [0.25, 0.3) is 0 Å². The first kappa shape index (κ1) is 16.6. The van der Waals surface area contributed by atoms with Crippen LogP contribution in [0.3, 0.4) is 0 Å². The number of carbonyl (C=O) groups excluding carboxylic acids is 1. The number of carbonyl (C=O) groups is 1. The molecule has 0 radical (unpaired) electrons. The average molecular weight is 361 g/mol. The number of rotatable bonds is 5. The number of hydrogen-bond donors (Lipinski definition) is 2. The molecule has 0 fully saturated rings. The quantitative estimate of drug-likeness (QED) is 0.812. The van der Waals surface area contributed by atoms with Crippen molar-refractivity contribution >= 4 is 33.2 Å². The highest BCUT2D eigenvalue weighted by Crippen LogP contribution is 2.22. The minimum absolute atomic E-state index is 0.0410. The van der Waals surface area contributed by atoms with E-state index in [1.165, 1.54) is 5.56 Å². The van der Waals surface area contributed by atoms with E-state index in [0.29, 0.717) is 0 Å². The molecule has 0 aliphatic carbocycles. The number of nitrogens with one attached hydrogen (secondary N) is 2. The molecule has 0 saturated heterocycles. The van der Waals surface area contributed by atoms with Crippen molar-refractivity contribution in [3.8, 4) is 0 Å². The molecule has 2 aromatic rings. The normalized spacial score (nSPS) is 10.4. The third-order valence-electron chi connectivity index (χ3n) is 3.63. The van der Waals surface area contributed by atoms with Crippen LogP contribution in [0.1, 0.15) is 23.6 Å². The topological polar surface area (TPSA) is 41.1 Å². The van der Waals surface area contributed by atoms with Gasteiger partial charge in [0, 0.05) is 15.8 Å². The highest BCUT2D eigenvalue weighted by Gasteiger charge is 2.08. The van der Waals surface area contributed by atoms with E-state index in [0.717, 1.165) is 33.4 Å². The van der Waals surface area contributed by atoms with E-state index in [1.807, 2.05) is 50.2 Å². The van der Waals surface area contributed by atoms with E-state index in [4.69, 9.17) is 0 Å². The lowest BCUT2D eigenvalue weighted by molar-refractivity contribution is -0.114. The maximum Gasteiger partial charge on any atom is 0.243 e. The van der Waals surface area contributed by atoms with Gasteiger partial charge in [-0.05, 0) is 49.1 Å². The fourth-order valence-corrected chi connectivity index (χ4v) is 2.65. The zero-order chi connectivity index (χ0) is 16.1. The van der Waals surface area contributed by atoms with Crippen LogP contribution in [0.5, 0.6) is 0 Å². The van der Waals surface area contributed by atoms with Crippen LogP contribution in [0.15, 0.2) is 40.9 Å². The Morgan fingerprint density at radius 3 is 2.59 bits per heavy atom. The van der Waals surface area contributed by atoms with Crippen LogP contribution in [-0.2, 0) is 11.2 Å². The number of para-hydroxylation sites is 1. The predicted octanol–water partition coefficient (Wildman–Crippen LogP) is 4.68. The van der Waals surface area contributed by atoms with Gasteiger partial charge in [0.2, 0.25) is 5.91 Å². The van der Waals surface area contributed by atoms with Crippen molar-refractivity contribution in [2.45, 2.75) is 27.2 Å². The molecule has 2 aromatic carbocycles. The van der Waals surface area contributed by atoms with Crippen molar-refractivity contribution < 1.29 is 4.79 Å². The number of benzene rings is 2. The Kier molecular flexibility index (Phi) is 5.61. The summed E-state index contributed by atoms with van der Waals surface area (Å²) < 4.78 is 1.03. The standard InChI is InChI=1S/C18H21BrN2O/c1-4-14-7-5-6-13(3)18(14)21-17(22)11-20-15-9-8-12(2)16(19)10-15/h5-10,20H,4,11H2,1-3H3,(H,21,22). The molecule has 0 bridgehead atoms. The molecule has 22 heavy (non-hydrogen) atoms. The molecule has 116 valence electrons. The molecule has 1 amide bonds. The number of aryl methyl sites for hydroxylation is 3. The summed E-state index contributed by atoms with van der Waals surface area (Å²) in [6, 6.07) is 12.0. The zero-order valence-electron chi connectivity index (χ0n) is 13.2. The molecule has 2 rings (SSSR count). The van der Waals surface area contributed by atoms with Crippen molar-refractivity contribution in [1.29, 1.82) is 0 Å². The van der Waals surface area contributed by atoms with Crippen molar-refractivity contribution in [1.82, 2.24) is 0 Å². The van der Waals surface area contributed by atoms with E-state index in [-0.39, 0.29) is 12.5 Å². The Labute approximate surface area is 140 Å². The van der Waals surface area contributed by atoms with Gasteiger partial charge >= 0.3 is 0 Å². The Balaban J connectivity index is 2.00. The summed E-state index contributed by atoms with van der Waals surface area (Å²) in [6.07, 6.45) is 0.898. The summed E-state index contributed by atoms with van der Waals surface area (Å²) in [7, 11) is 0. The highest BCUT2D eigenvalue weighted by molar-refractivity contribution is 9.10. The Morgan fingerprint density at radius 1 is 1.14 bits per heavy atom. The number of anilines is 2. The van der Waals surface area contributed by atoms with Gasteiger partial charge in [0.1, 0.15) is 0 Å². The first-order chi connectivity index (χ1) is 10.5. The highest BCUT2D eigenvalue weighted by atomic mass is 79.9. The van der Waals surface area contributed by atoms with Crippen LogP contribution in [0, 0.1) is 13.8 Å². The van der Waals surface area contributed by atoms with E-state index >= 15 is 0 Å². The molecule has 0 unspecified atom stereocenters. The van der Waals surface area contributed by atoms with Crippen LogP contribution >= 0.6 is 15.9 Å². The van der Waals surface area contributed by atoms with Gasteiger partial charge in [-0.25, -0.2) is 0 Å². The monoisotopic (exact) mass is 360 g/mol. The van der Waals surface area contributed by atoms with Gasteiger partial charge in [-0.15, -0.1) is 0 Å². The second-order valence-corrected chi connectivity index (χ2v) is 6.18. The SMILES string of the molecule is CCc1cccc(C)c1NC(=O)CNc1ccc(C)c(Br)c1. The van der Waals surface area contributed by atoms with Gasteiger partial charge in [-0.1, -0.05) is 47.1 Å². The predicted molar refractivity (Wildman–Crippen MR) is 96.6 cm³/mol. The van der Waals surface area contributed by atoms with E-state index < -0.39 is 0 Å². The molecule has 0 atom stereocenters. The van der Waals surface area contributed by atoms with Gasteiger partial charge in [-0.2, -0.15) is 0 Å². The lowest BCUT2D eigenvalue weighted by atomic mass is 10.1. The van der Waals surface area contributed by atoms with Crippen molar-refractivity contribution in [3.63, 3.8) is 0 Å². The van der Waals surface area contributed by atoms with Crippen molar-refractivity contribution in [2.24, 2.45) is 0 Å². The molecular weight excluding hydrogens is 340 g/mol. The minimum Gasteiger partial charge on any atom is -0.376 e.